The molecule has 1 heterocycles. The molecule has 7 heteroatoms. The molecule has 1 N–H and O–H groups in total. The van der Waals surface area contributed by atoms with Gasteiger partial charge in [0.25, 0.3) is 0 Å². The Hall–Kier alpha value is -3.35. The maximum atomic E-state index is 13.2. The molecule has 7 nitrogen and oxygen atoms in total. The third-order valence-corrected chi connectivity index (χ3v) is 7.65. The number of carbonyl (C=O) groups is 3. The number of hydrogen-bond donors (Lipinski definition) is 1. The fourth-order valence-corrected chi connectivity index (χ4v) is 5.47. The predicted octanol–water partition coefficient (Wildman–Crippen LogP) is 6.31. The molecule has 2 aliphatic rings. The number of benzene rings is 2. The average Bonchev–Trinajstić information content (AvgIpc) is 2.97. The third kappa shape index (κ3) is 9.12. The second kappa shape index (κ2) is 15.3. The van der Waals surface area contributed by atoms with E-state index in [1.807, 2.05) is 36.4 Å². The van der Waals surface area contributed by atoms with Crippen LogP contribution in [0.3, 0.4) is 0 Å². The molecule has 1 fully saturated rings. The third-order valence-electron chi connectivity index (χ3n) is 7.65. The number of amides is 2. The SMILES string of the molecule is O=C1CCc2cc(OCCCC(=O)N(CCCCCCOC(=O)c3ccccc3)C3CCCCC3)ccc2N1. The van der Waals surface area contributed by atoms with Crippen LogP contribution in [0.15, 0.2) is 48.5 Å². The highest BCUT2D eigenvalue weighted by Gasteiger charge is 2.24. The molecule has 210 valence electrons. The summed E-state index contributed by atoms with van der Waals surface area (Å²) in [5.41, 5.74) is 2.55. The molecule has 39 heavy (non-hydrogen) atoms. The van der Waals surface area contributed by atoms with Gasteiger partial charge in [-0.25, -0.2) is 4.79 Å². The molecule has 2 aromatic carbocycles. The van der Waals surface area contributed by atoms with Crippen molar-refractivity contribution in [1.82, 2.24) is 4.90 Å². The number of nitrogens with zero attached hydrogens (tertiary/aromatic N) is 1. The molecule has 1 aliphatic heterocycles. The maximum absolute atomic E-state index is 13.2. The van der Waals surface area contributed by atoms with Crippen LogP contribution in [0.4, 0.5) is 5.69 Å². The Morgan fingerprint density at radius 3 is 2.49 bits per heavy atom. The van der Waals surface area contributed by atoms with Crippen LogP contribution in [0.5, 0.6) is 5.75 Å². The van der Waals surface area contributed by atoms with Crippen molar-refractivity contribution >= 4 is 23.5 Å². The summed E-state index contributed by atoms with van der Waals surface area (Å²) < 4.78 is 11.3. The van der Waals surface area contributed by atoms with Gasteiger partial charge in [0.2, 0.25) is 11.8 Å². The van der Waals surface area contributed by atoms with E-state index >= 15 is 0 Å². The van der Waals surface area contributed by atoms with E-state index in [0.717, 1.165) is 68.5 Å². The molecule has 2 aromatic rings. The van der Waals surface area contributed by atoms with Gasteiger partial charge >= 0.3 is 5.97 Å². The van der Waals surface area contributed by atoms with Crippen LogP contribution in [-0.2, 0) is 20.7 Å². The van der Waals surface area contributed by atoms with Crippen molar-refractivity contribution in [3.8, 4) is 5.75 Å². The van der Waals surface area contributed by atoms with E-state index in [2.05, 4.69) is 10.2 Å². The highest BCUT2D eigenvalue weighted by molar-refractivity contribution is 5.94. The van der Waals surface area contributed by atoms with Crippen molar-refractivity contribution in [2.75, 3.05) is 25.1 Å². The first-order chi connectivity index (χ1) is 19.1. The van der Waals surface area contributed by atoms with Crippen LogP contribution in [-0.4, -0.2) is 48.5 Å². The van der Waals surface area contributed by atoms with Crippen molar-refractivity contribution in [2.24, 2.45) is 0 Å². The lowest BCUT2D eigenvalue weighted by Crippen LogP contribution is -2.42. The Kier molecular flexibility index (Phi) is 11.2. The molecule has 0 unspecified atom stereocenters. The van der Waals surface area contributed by atoms with Crippen molar-refractivity contribution in [1.29, 1.82) is 0 Å². The van der Waals surface area contributed by atoms with E-state index < -0.39 is 0 Å². The summed E-state index contributed by atoms with van der Waals surface area (Å²) >= 11 is 0. The first kappa shape index (κ1) is 28.7. The Labute approximate surface area is 232 Å². The number of nitrogens with one attached hydrogen (secondary N) is 1. The first-order valence-electron chi connectivity index (χ1n) is 14.7. The summed E-state index contributed by atoms with van der Waals surface area (Å²) in [6, 6.07) is 15.2. The van der Waals surface area contributed by atoms with Crippen molar-refractivity contribution < 1.29 is 23.9 Å². The van der Waals surface area contributed by atoms with Crippen molar-refractivity contribution in [2.45, 2.75) is 89.5 Å². The molecule has 2 amide bonds. The maximum Gasteiger partial charge on any atom is 0.338 e. The molecule has 0 spiro atoms. The van der Waals surface area contributed by atoms with Crippen LogP contribution < -0.4 is 10.1 Å². The van der Waals surface area contributed by atoms with E-state index in [1.54, 1.807) is 12.1 Å². The summed E-state index contributed by atoms with van der Waals surface area (Å²) in [7, 11) is 0. The summed E-state index contributed by atoms with van der Waals surface area (Å²) in [4.78, 5) is 39.0. The minimum Gasteiger partial charge on any atom is -0.494 e. The summed E-state index contributed by atoms with van der Waals surface area (Å²) in [5.74, 6) is 0.807. The lowest BCUT2D eigenvalue weighted by Gasteiger charge is -2.34. The minimum absolute atomic E-state index is 0.0570. The van der Waals surface area contributed by atoms with E-state index in [1.165, 1.54) is 19.3 Å². The second-order valence-electron chi connectivity index (χ2n) is 10.6. The summed E-state index contributed by atoms with van der Waals surface area (Å²) in [5, 5.41) is 2.89. The van der Waals surface area contributed by atoms with E-state index in [-0.39, 0.29) is 17.8 Å². The van der Waals surface area contributed by atoms with Gasteiger partial charge in [0.1, 0.15) is 5.75 Å². The summed E-state index contributed by atoms with van der Waals surface area (Å²) in [6.07, 6.45) is 12.1. The van der Waals surface area contributed by atoms with Crippen molar-refractivity contribution in [3.05, 3.63) is 59.7 Å². The Balaban J connectivity index is 1.14. The lowest BCUT2D eigenvalue weighted by molar-refractivity contribution is -0.134. The van der Waals surface area contributed by atoms with Gasteiger partial charge in [-0.05, 0) is 80.8 Å². The topological polar surface area (TPSA) is 84.9 Å². The van der Waals surface area contributed by atoms with Gasteiger partial charge in [-0.3, -0.25) is 9.59 Å². The number of carbonyl (C=O) groups excluding carboxylic acids is 3. The number of fused-ring (bicyclic) bond motifs is 1. The molecule has 0 radical (unpaired) electrons. The van der Waals surface area contributed by atoms with E-state index in [0.29, 0.717) is 44.1 Å². The molecule has 0 bridgehead atoms. The minimum atomic E-state index is -0.270. The Morgan fingerprint density at radius 2 is 1.67 bits per heavy atom. The molecular weight excluding hydrogens is 492 g/mol. The molecular formula is C32H42N2O5. The highest BCUT2D eigenvalue weighted by atomic mass is 16.5. The van der Waals surface area contributed by atoms with E-state index in [4.69, 9.17) is 9.47 Å². The molecule has 4 rings (SSSR count). The first-order valence-corrected chi connectivity index (χ1v) is 14.7. The van der Waals surface area contributed by atoms with Gasteiger partial charge in [-0.2, -0.15) is 0 Å². The predicted molar refractivity (Wildman–Crippen MR) is 152 cm³/mol. The molecule has 1 aliphatic carbocycles. The quantitative estimate of drug-likeness (QED) is 0.227. The van der Waals surface area contributed by atoms with Gasteiger partial charge in [-0.1, -0.05) is 43.9 Å². The Bertz CT molecular complexity index is 1080. The number of aryl methyl sites for hydroxylation is 1. The lowest BCUT2D eigenvalue weighted by atomic mass is 9.93. The number of esters is 1. The zero-order valence-electron chi connectivity index (χ0n) is 23.0. The van der Waals surface area contributed by atoms with E-state index in [9.17, 15) is 14.4 Å². The van der Waals surface area contributed by atoms with Gasteiger partial charge in [0, 0.05) is 31.1 Å². The fraction of sp³-hybridized carbons (Fsp3) is 0.531. The van der Waals surface area contributed by atoms with Crippen LogP contribution in [0.25, 0.3) is 0 Å². The number of ether oxygens (including phenoxy) is 2. The number of hydrogen-bond acceptors (Lipinski definition) is 5. The van der Waals surface area contributed by atoms with Crippen LogP contribution >= 0.6 is 0 Å². The average molecular weight is 535 g/mol. The number of anilines is 1. The molecule has 0 atom stereocenters. The largest absolute Gasteiger partial charge is 0.494 e. The zero-order chi connectivity index (χ0) is 27.3. The monoisotopic (exact) mass is 534 g/mol. The molecule has 0 aromatic heterocycles. The molecule has 1 saturated carbocycles. The molecule has 0 saturated heterocycles. The number of unbranched alkanes of at least 4 members (excludes halogenated alkanes) is 3. The van der Waals surface area contributed by atoms with Gasteiger partial charge in [-0.15, -0.1) is 0 Å². The fourth-order valence-electron chi connectivity index (χ4n) is 5.47. The smallest absolute Gasteiger partial charge is 0.338 e. The second-order valence-corrected chi connectivity index (χ2v) is 10.6. The van der Waals surface area contributed by atoms with Gasteiger partial charge < -0.3 is 19.7 Å². The van der Waals surface area contributed by atoms with Crippen molar-refractivity contribution in [3.63, 3.8) is 0 Å². The zero-order valence-corrected chi connectivity index (χ0v) is 23.0. The highest BCUT2D eigenvalue weighted by Crippen LogP contribution is 2.27. The summed E-state index contributed by atoms with van der Waals surface area (Å²) in [6.45, 7) is 1.72. The van der Waals surface area contributed by atoms with Crippen LogP contribution in [0, 0.1) is 0 Å². The van der Waals surface area contributed by atoms with Gasteiger partial charge in [0.05, 0.1) is 18.8 Å². The van der Waals surface area contributed by atoms with Crippen LogP contribution in [0.1, 0.15) is 93.0 Å². The Morgan fingerprint density at radius 1 is 0.872 bits per heavy atom. The van der Waals surface area contributed by atoms with Gasteiger partial charge in [0.15, 0.2) is 0 Å². The van der Waals surface area contributed by atoms with Crippen LogP contribution in [0.2, 0.25) is 0 Å². The normalized spacial score (nSPS) is 15.2. The number of rotatable bonds is 14. The standard InChI is InChI=1S/C32H42N2O5/c35-30-20-17-26-24-28(18-19-29(26)33-30)38-23-11-16-31(36)34(27-14-7-4-8-15-27)21-9-1-2-10-22-39-32(37)25-12-5-3-6-13-25/h3,5-6,12-13,18-19,24,27H,1-2,4,7-11,14-17,20-23H2,(H,33,35).